The van der Waals surface area contributed by atoms with Crippen molar-refractivity contribution in [2.75, 3.05) is 19.6 Å². The Hall–Kier alpha value is -1.58. The number of nitrogens with two attached hydrogens (primary N) is 1. The fourth-order valence-electron chi connectivity index (χ4n) is 3.88. The molecular formula is C17H23F2N3O3S. The number of nitrogens with zero attached hydrogens (tertiary/aromatic N) is 2. The van der Waals surface area contributed by atoms with Crippen molar-refractivity contribution in [2.24, 2.45) is 11.1 Å². The van der Waals surface area contributed by atoms with Crippen LogP contribution < -0.4 is 5.14 Å². The largest absolute Gasteiger partial charge is 0.339 e. The standard InChI is InChI=1S/C17H23F2N3O3S/c18-14-3-4-16(19)13(10-14)11-15-2-1-7-22(15)17(23)12-5-8-21(9-6-12)26(20,24)25/h3-4,10,12,15H,1-2,5-9,11H2,(H2,20,24,25)/t15-/m0/s1. The highest BCUT2D eigenvalue weighted by Gasteiger charge is 2.36. The summed E-state index contributed by atoms with van der Waals surface area (Å²) >= 11 is 0. The zero-order chi connectivity index (χ0) is 18.9. The zero-order valence-electron chi connectivity index (χ0n) is 14.4. The molecule has 1 amide bonds. The molecule has 0 aromatic heterocycles. The first-order valence-corrected chi connectivity index (χ1v) is 10.3. The molecule has 2 fully saturated rings. The van der Waals surface area contributed by atoms with Crippen molar-refractivity contribution in [1.29, 1.82) is 0 Å². The number of hydrogen-bond donors (Lipinski definition) is 1. The summed E-state index contributed by atoms with van der Waals surface area (Å²) in [6.45, 7) is 1.05. The van der Waals surface area contributed by atoms with Crippen molar-refractivity contribution in [3.05, 3.63) is 35.4 Å². The second-order valence-corrected chi connectivity index (χ2v) is 8.53. The number of hydrogen-bond acceptors (Lipinski definition) is 3. The molecule has 1 aromatic carbocycles. The maximum atomic E-state index is 13.9. The van der Waals surface area contributed by atoms with Gasteiger partial charge in [-0.15, -0.1) is 0 Å². The average Bonchev–Trinajstić information content (AvgIpc) is 3.05. The van der Waals surface area contributed by atoms with E-state index < -0.39 is 21.8 Å². The van der Waals surface area contributed by atoms with Crippen molar-refractivity contribution in [1.82, 2.24) is 9.21 Å². The summed E-state index contributed by atoms with van der Waals surface area (Å²) in [5, 5.41) is 5.12. The lowest BCUT2D eigenvalue weighted by molar-refractivity contribution is -0.137. The number of amides is 1. The summed E-state index contributed by atoms with van der Waals surface area (Å²) in [7, 11) is -3.72. The minimum Gasteiger partial charge on any atom is -0.339 e. The monoisotopic (exact) mass is 387 g/mol. The van der Waals surface area contributed by atoms with E-state index in [9.17, 15) is 22.0 Å². The molecular weight excluding hydrogens is 364 g/mol. The van der Waals surface area contributed by atoms with E-state index in [1.807, 2.05) is 0 Å². The van der Waals surface area contributed by atoms with Crippen molar-refractivity contribution < 1.29 is 22.0 Å². The minimum absolute atomic E-state index is 0.0293. The Bertz CT molecular complexity index is 779. The van der Waals surface area contributed by atoms with Gasteiger partial charge in [0.2, 0.25) is 5.91 Å². The van der Waals surface area contributed by atoms with Gasteiger partial charge in [-0.1, -0.05) is 0 Å². The van der Waals surface area contributed by atoms with Crippen LogP contribution in [0, 0.1) is 17.6 Å². The molecule has 144 valence electrons. The highest BCUT2D eigenvalue weighted by Crippen LogP contribution is 2.28. The highest BCUT2D eigenvalue weighted by atomic mass is 32.2. The molecule has 3 rings (SSSR count). The molecule has 0 unspecified atom stereocenters. The van der Waals surface area contributed by atoms with Gasteiger partial charge in [0, 0.05) is 31.6 Å². The average molecular weight is 387 g/mol. The van der Waals surface area contributed by atoms with Gasteiger partial charge in [-0.05, 0) is 55.9 Å². The summed E-state index contributed by atoms with van der Waals surface area (Å²) in [5.74, 6) is -1.25. The molecule has 9 heteroatoms. The molecule has 0 bridgehead atoms. The van der Waals surface area contributed by atoms with E-state index >= 15 is 0 Å². The third-order valence-corrected chi connectivity index (χ3v) is 6.37. The summed E-state index contributed by atoms with van der Waals surface area (Å²) in [6, 6.07) is 3.21. The number of benzene rings is 1. The smallest absolute Gasteiger partial charge is 0.276 e. The number of piperidine rings is 1. The van der Waals surface area contributed by atoms with E-state index in [1.54, 1.807) is 4.90 Å². The SMILES string of the molecule is NS(=O)(=O)N1CCC(C(=O)N2CCC[C@H]2Cc2cc(F)ccc2F)CC1. The molecule has 2 N–H and O–H groups in total. The minimum atomic E-state index is -3.72. The lowest BCUT2D eigenvalue weighted by Crippen LogP contribution is -2.47. The Morgan fingerprint density at radius 1 is 1.15 bits per heavy atom. The first kappa shape index (κ1) is 19.2. The molecule has 0 radical (unpaired) electrons. The van der Waals surface area contributed by atoms with Gasteiger partial charge in [0.25, 0.3) is 10.2 Å². The molecule has 1 atom stereocenters. The molecule has 2 aliphatic rings. The van der Waals surface area contributed by atoms with Crippen molar-refractivity contribution in [3.63, 3.8) is 0 Å². The van der Waals surface area contributed by atoms with Crippen LogP contribution in [-0.2, 0) is 21.4 Å². The molecule has 0 aliphatic carbocycles. The molecule has 0 spiro atoms. The number of carbonyl (C=O) groups is 1. The zero-order valence-corrected chi connectivity index (χ0v) is 15.2. The van der Waals surface area contributed by atoms with E-state index in [2.05, 4.69) is 0 Å². The number of carbonyl (C=O) groups excluding carboxylic acids is 1. The maximum Gasteiger partial charge on any atom is 0.276 e. The lowest BCUT2D eigenvalue weighted by Gasteiger charge is -2.33. The van der Waals surface area contributed by atoms with Gasteiger partial charge >= 0.3 is 0 Å². The predicted molar refractivity (Wildman–Crippen MR) is 92.2 cm³/mol. The third-order valence-electron chi connectivity index (χ3n) is 5.29. The van der Waals surface area contributed by atoms with E-state index in [-0.39, 0.29) is 42.9 Å². The van der Waals surface area contributed by atoms with Crippen LogP contribution in [0.1, 0.15) is 31.2 Å². The Balaban J connectivity index is 1.65. The van der Waals surface area contributed by atoms with Gasteiger partial charge in [-0.3, -0.25) is 4.79 Å². The van der Waals surface area contributed by atoms with E-state index in [0.717, 1.165) is 25.0 Å². The molecule has 2 saturated heterocycles. The Kier molecular flexibility index (Phi) is 5.59. The van der Waals surface area contributed by atoms with Crippen LogP contribution in [0.3, 0.4) is 0 Å². The van der Waals surface area contributed by atoms with Crippen molar-refractivity contribution in [3.8, 4) is 0 Å². The van der Waals surface area contributed by atoms with E-state index in [4.69, 9.17) is 5.14 Å². The van der Waals surface area contributed by atoms with Gasteiger partial charge in [0.1, 0.15) is 11.6 Å². The molecule has 0 saturated carbocycles. The molecule has 6 nitrogen and oxygen atoms in total. The fourth-order valence-corrected chi connectivity index (χ4v) is 4.60. The van der Waals surface area contributed by atoms with E-state index in [0.29, 0.717) is 19.4 Å². The summed E-state index contributed by atoms with van der Waals surface area (Å²) in [4.78, 5) is 14.6. The number of likely N-dealkylation sites (tertiary alicyclic amines) is 1. The normalized spacial score (nSPS) is 22.7. The van der Waals surface area contributed by atoms with Crippen LogP contribution in [0.2, 0.25) is 0 Å². The quantitative estimate of drug-likeness (QED) is 0.848. The number of halogens is 2. The topological polar surface area (TPSA) is 83.7 Å². The van der Waals surface area contributed by atoms with Crippen LogP contribution in [0.5, 0.6) is 0 Å². The Morgan fingerprint density at radius 2 is 1.85 bits per heavy atom. The number of rotatable bonds is 4. The van der Waals surface area contributed by atoms with Gasteiger partial charge in [-0.25, -0.2) is 13.9 Å². The van der Waals surface area contributed by atoms with Crippen LogP contribution in [0.25, 0.3) is 0 Å². The molecule has 26 heavy (non-hydrogen) atoms. The Morgan fingerprint density at radius 3 is 2.50 bits per heavy atom. The summed E-state index contributed by atoms with van der Waals surface area (Å²) in [5.41, 5.74) is 0.277. The van der Waals surface area contributed by atoms with Gasteiger partial charge < -0.3 is 4.90 Å². The lowest BCUT2D eigenvalue weighted by atomic mass is 9.95. The second-order valence-electron chi connectivity index (χ2n) is 6.99. The molecule has 1 aromatic rings. The summed E-state index contributed by atoms with van der Waals surface area (Å²) in [6.07, 6.45) is 2.70. The van der Waals surface area contributed by atoms with Crippen molar-refractivity contribution >= 4 is 16.1 Å². The van der Waals surface area contributed by atoms with Crippen LogP contribution in [0.4, 0.5) is 8.78 Å². The van der Waals surface area contributed by atoms with Crippen LogP contribution in [0.15, 0.2) is 18.2 Å². The maximum absolute atomic E-state index is 13.9. The fraction of sp³-hybridized carbons (Fsp3) is 0.588. The molecule has 2 aliphatic heterocycles. The Labute approximate surface area is 152 Å². The van der Waals surface area contributed by atoms with E-state index in [1.165, 1.54) is 10.4 Å². The third kappa shape index (κ3) is 4.21. The summed E-state index contributed by atoms with van der Waals surface area (Å²) < 4.78 is 51.2. The van der Waals surface area contributed by atoms with Crippen LogP contribution >= 0.6 is 0 Å². The first-order valence-electron chi connectivity index (χ1n) is 8.78. The highest BCUT2D eigenvalue weighted by molar-refractivity contribution is 7.86. The first-order chi connectivity index (χ1) is 12.3. The van der Waals surface area contributed by atoms with Gasteiger partial charge in [-0.2, -0.15) is 12.7 Å². The second kappa shape index (κ2) is 7.58. The van der Waals surface area contributed by atoms with Gasteiger partial charge in [0.15, 0.2) is 0 Å². The van der Waals surface area contributed by atoms with Gasteiger partial charge in [0.05, 0.1) is 0 Å². The molecule has 2 heterocycles. The van der Waals surface area contributed by atoms with Crippen LogP contribution in [-0.4, -0.2) is 49.2 Å². The van der Waals surface area contributed by atoms with Crippen molar-refractivity contribution in [2.45, 2.75) is 38.1 Å². The predicted octanol–water partition coefficient (Wildman–Crippen LogP) is 1.41.